The minimum atomic E-state index is -0.216. The van der Waals surface area contributed by atoms with E-state index < -0.39 is 0 Å². The zero-order chi connectivity index (χ0) is 17.9. The minimum absolute atomic E-state index is 0.00693. The lowest BCUT2D eigenvalue weighted by molar-refractivity contribution is -0.131. The van der Waals surface area contributed by atoms with Gasteiger partial charge in [0.05, 0.1) is 11.1 Å². The maximum atomic E-state index is 12.8. The normalized spacial score (nSPS) is 14.1. The summed E-state index contributed by atoms with van der Waals surface area (Å²) in [6.45, 7) is 1.53. The lowest BCUT2D eigenvalue weighted by Gasteiger charge is -2.16. The van der Waals surface area contributed by atoms with Gasteiger partial charge in [0.25, 0.3) is 5.56 Å². The van der Waals surface area contributed by atoms with Gasteiger partial charge in [0.2, 0.25) is 5.91 Å². The van der Waals surface area contributed by atoms with Gasteiger partial charge >= 0.3 is 0 Å². The standard InChI is InChI=1S/C20H20N4O2/c25-19(23-11-3-4-12-23)14-24-20(26)17-6-2-1-5-16(17)18(22-24)13-15-7-9-21-10-8-15/h1-2,5-10H,3-4,11-14H2. The highest BCUT2D eigenvalue weighted by molar-refractivity contribution is 5.84. The third-order valence-electron chi connectivity index (χ3n) is 4.81. The number of amides is 1. The van der Waals surface area contributed by atoms with Gasteiger partial charge in [-0.3, -0.25) is 14.6 Å². The van der Waals surface area contributed by atoms with Crippen molar-refractivity contribution in [1.29, 1.82) is 0 Å². The Bertz CT molecular complexity index is 992. The van der Waals surface area contributed by atoms with Crippen molar-refractivity contribution in [2.75, 3.05) is 13.1 Å². The van der Waals surface area contributed by atoms with E-state index in [-0.39, 0.29) is 18.0 Å². The molecule has 1 amide bonds. The highest BCUT2D eigenvalue weighted by Crippen LogP contribution is 2.17. The molecule has 0 aliphatic carbocycles. The maximum Gasteiger partial charge on any atom is 0.275 e. The molecule has 4 rings (SSSR count). The number of hydrogen-bond donors (Lipinski definition) is 0. The summed E-state index contributed by atoms with van der Waals surface area (Å²) in [5.74, 6) is -0.0396. The van der Waals surface area contributed by atoms with Crippen LogP contribution in [0.25, 0.3) is 10.8 Å². The van der Waals surface area contributed by atoms with E-state index in [1.165, 1.54) is 4.68 Å². The quantitative estimate of drug-likeness (QED) is 0.723. The van der Waals surface area contributed by atoms with Crippen LogP contribution in [0.1, 0.15) is 24.1 Å². The Morgan fingerprint density at radius 1 is 1.00 bits per heavy atom. The highest BCUT2D eigenvalue weighted by atomic mass is 16.2. The van der Waals surface area contributed by atoms with Crippen LogP contribution in [-0.4, -0.2) is 38.7 Å². The molecule has 3 aromatic rings. The molecule has 6 nitrogen and oxygen atoms in total. The predicted molar refractivity (Wildman–Crippen MR) is 98.9 cm³/mol. The second-order valence-electron chi connectivity index (χ2n) is 6.58. The highest BCUT2D eigenvalue weighted by Gasteiger charge is 2.20. The van der Waals surface area contributed by atoms with Gasteiger partial charge in [-0.25, -0.2) is 4.68 Å². The zero-order valence-electron chi connectivity index (χ0n) is 14.5. The van der Waals surface area contributed by atoms with E-state index in [0.717, 1.165) is 42.6 Å². The first kappa shape index (κ1) is 16.4. The third-order valence-corrected chi connectivity index (χ3v) is 4.81. The van der Waals surface area contributed by atoms with E-state index in [1.807, 2.05) is 35.2 Å². The smallest absolute Gasteiger partial charge is 0.275 e. The van der Waals surface area contributed by atoms with Gasteiger partial charge in [0, 0.05) is 37.3 Å². The van der Waals surface area contributed by atoms with E-state index in [1.54, 1.807) is 18.5 Å². The van der Waals surface area contributed by atoms with Crippen molar-refractivity contribution in [1.82, 2.24) is 19.7 Å². The first-order valence-electron chi connectivity index (χ1n) is 8.88. The van der Waals surface area contributed by atoms with Crippen LogP contribution in [0, 0.1) is 0 Å². The van der Waals surface area contributed by atoms with Crippen LogP contribution in [0.5, 0.6) is 0 Å². The van der Waals surface area contributed by atoms with Crippen molar-refractivity contribution >= 4 is 16.7 Å². The van der Waals surface area contributed by atoms with Crippen LogP contribution in [-0.2, 0) is 17.8 Å². The number of benzene rings is 1. The average Bonchev–Trinajstić information content (AvgIpc) is 3.21. The van der Waals surface area contributed by atoms with E-state index in [2.05, 4.69) is 10.1 Å². The number of carbonyl (C=O) groups excluding carboxylic acids is 1. The second kappa shape index (κ2) is 7.07. The summed E-state index contributed by atoms with van der Waals surface area (Å²) < 4.78 is 1.32. The summed E-state index contributed by atoms with van der Waals surface area (Å²) in [6, 6.07) is 11.3. The van der Waals surface area contributed by atoms with E-state index in [0.29, 0.717) is 11.8 Å². The molecule has 6 heteroatoms. The first-order valence-corrected chi connectivity index (χ1v) is 8.88. The Morgan fingerprint density at radius 3 is 2.42 bits per heavy atom. The predicted octanol–water partition coefficient (Wildman–Crippen LogP) is 2.00. The Balaban J connectivity index is 1.74. The van der Waals surface area contributed by atoms with Gasteiger partial charge in [-0.1, -0.05) is 18.2 Å². The molecule has 1 aliphatic rings. The zero-order valence-corrected chi connectivity index (χ0v) is 14.5. The summed E-state index contributed by atoms with van der Waals surface area (Å²) in [4.78, 5) is 31.1. The Hall–Kier alpha value is -3.02. The first-order chi connectivity index (χ1) is 12.7. The molecule has 0 N–H and O–H groups in total. The Morgan fingerprint density at radius 2 is 1.69 bits per heavy atom. The fraction of sp³-hybridized carbons (Fsp3) is 0.300. The van der Waals surface area contributed by atoms with E-state index in [9.17, 15) is 9.59 Å². The topological polar surface area (TPSA) is 68.1 Å². The van der Waals surface area contributed by atoms with Crippen molar-refractivity contribution < 1.29 is 4.79 Å². The number of nitrogens with zero attached hydrogens (tertiary/aromatic N) is 4. The lowest BCUT2D eigenvalue weighted by atomic mass is 10.1. The van der Waals surface area contributed by atoms with Crippen molar-refractivity contribution in [2.45, 2.75) is 25.8 Å². The molecule has 3 heterocycles. The Labute approximate surface area is 151 Å². The second-order valence-corrected chi connectivity index (χ2v) is 6.58. The summed E-state index contributed by atoms with van der Waals surface area (Å²) in [5, 5.41) is 5.97. The summed E-state index contributed by atoms with van der Waals surface area (Å²) in [5.41, 5.74) is 1.64. The molecule has 1 fully saturated rings. The third kappa shape index (κ3) is 3.22. The number of likely N-dealkylation sites (tertiary alicyclic amines) is 1. The van der Waals surface area contributed by atoms with Crippen molar-refractivity contribution in [3.8, 4) is 0 Å². The molecule has 26 heavy (non-hydrogen) atoms. The lowest BCUT2D eigenvalue weighted by Crippen LogP contribution is -2.36. The van der Waals surface area contributed by atoms with Crippen molar-refractivity contribution in [2.24, 2.45) is 0 Å². The fourth-order valence-electron chi connectivity index (χ4n) is 3.43. The minimum Gasteiger partial charge on any atom is -0.341 e. The van der Waals surface area contributed by atoms with Crippen LogP contribution >= 0.6 is 0 Å². The molecule has 0 bridgehead atoms. The molecule has 0 atom stereocenters. The number of pyridine rings is 1. The average molecular weight is 348 g/mol. The molecule has 1 aromatic carbocycles. The van der Waals surface area contributed by atoms with Crippen LogP contribution in [0.4, 0.5) is 0 Å². The number of rotatable bonds is 4. The number of carbonyl (C=O) groups is 1. The van der Waals surface area contributed by atoms with Crippen molar-refractivity contribution in [3.05, 3.63) is 70.4 Å². The molecular weight excluding hydrogens is 328 g/mol. The molecule has 132 valence electrons. The van der Waals surface area contributed by atoms with E-state index in [4.69, 9.17) is 0 Å². The molecule has 1 aliphatic heterocycles. The van der Waals surface area contributed by atoms with Crippen LogP contribution in [0.15, 0.2) is 53.6 Å². The largest absolute Gasteiger partial charge is 0.341 e. The van der Waals surface area contributed by atoms with Crippen LogP contribution in [0.2, 0.25) is 0 Å². The van der Waals surface area contributed by atoms with Crippen LogP contribution < -0.4 is 5.56 Å². The van der Waals surface area contributed by atoms with Gasteiger partial charge in [0.15, 0.2) is 0 Å². The fourth-order valence-corrected chi connectivity index (χ4v) is 3.43. The van der Waals surface area contributed by atoms with Gasteiger partial charge in [-0.2, -0.15) is 5.10 Å². The van der Waals surface area contributed by atoms with Gasteiger partial charge < -0.3 is 4.90 Å². The molecule has 0 radical (unpaired) electrons. The molecule has 0 spiro atoms. The van der Waals surface area contributed by atoms with E-state index >= 15 is 0 Å². The van der Waals surface area contributed by atoms with Gasteiger partial charge in [-0.05, 0) is 36.6 Å². The number of hydrogen-bond acceptors (Lipinski definition) is 4. The van der Waals surface area contributed by atoms with Crippen molar-refractivity contribution in [3.63, 3.8) is 0 Å². The summed E-state index contributed by atoms with van der Waals surface area (Å²) in [6.07, 6.45) is 6.12. The monoisotopic (exact) mass is 348 g/mol. The number of aromatic nitrogens is 3. The molecule has 1 saturated heterocycles. The van der Waals surface area contributed by atoms with Crippen LogP contribution in [0.3, 0.4) is 0 Å². The van der Waals surface area contributed by atoms with Gasteiger partial charge in [-0.15, -0.1) is 0 Å². The van der Waals surface area contributed by atoms with Gasteiger partial charge in [0.1, 0.15) is 6.54 Å². The summed E-state index contributed by atoms with van der Waals surface area (Å²) >= 11 is 0. The molecule has 2 aromatic heterocycles. The molecular formula is C20H20N4O2. The summed E-state index contributed by atoms with van der Waals surface area (Å²) in [7, 11) is 0. The number of fused-ring (bicyclic) bond motifs is 1. The maximum absolute atomic E-state index is 12.8. The molecule has 0 saturated carbocycles. The molecule has 0 unspecified atom stereocenters. The SMILES string of the molecule is O=C(Cn1nc(Cc2ccncc2)c2ccccc2c1=O)N1CCCC1. The Kier molecular flexibility index (Phi) is 4.48.